The Hall–Kier alpha value is 0. The van der Waals surface area contributed by atoms with Gasteiger partial charge in [-0.15, -0.1) is 0 Å². The van der Waals surface area contributed by atoms with Gasteiger partial charge >= 0.3 is 0 Å². The Kier molecular flexibility index (Phi) is 5.34. The van der Waals surface area contributed by atoms with Crippen molar-refractivity contribution in [2.45, 2.75) is 67.2 Å². The van der Waals surface area contributed by atoms with Gasteiger partial charge in [0.2, 0.25) is 0 Å². The van der Waals surface area contributed by atoms with E-state index in [0.717, 1.165) is 35.5 Å². The molecule has 0 heteroatoms. The van der Waals surface area contributed by atoms with Gasteiger partial charge in [-0.05, 0) is 41.9 Å². The maximum Gasteiger partial charge on any atom is -0.0357 e. The quantitative estimate of drug-likeness (QED) is 0.601. The number of hydrogen-bond donors (Lipinski definition) is 0. The molecule has 0 radical (unpaired) electrons. The summed E-state index contributed by atoms with van der Waals surface area (Å²) >= 11 is 0. The topological polar surface area (TPSA) is 0 Å². The first-order chi connectivity index (χ1) is 7.52. The Morgan fingerprint density at radius 2 is 1.69 bits per heavy atom. The summed E-state index contributed by atoms with van der Waals surface area (Å²) in [5, 5.41) is 0. The van der Waals surface area contributed by atoms with E-state index in [1.807, 2.05) is 0 Å². The molecule has 0 aromatic carbocycles. The summed E-state index contributed by atoms with van der Waals surface area (Å²) in [5.41, 5.74) is 0. The second kappa shape index (κ2) is 6.07. The normalized spacial score (nSPS) is 42.0. The lowest BCUT2D eigenvalue weighted by Gasteiger charge is -2.46. The molecule has 1 aliphatic carbocycles. The van der Waals surface area contributed by atoms with E-state index in [2.05, 4.69) is 41.5 Å². The zero-order chi connectivity index (χ0) is 12.3. The van der Waals surface area contributed by atoms with Gasteiger partial charge in [-0.2, -0.15) is 0 Å². The van der Waals surface area contributed by atoms with Crippen LogP contribution in [0, 0.1) is 35.5 Å². The highest BCUT2D eigenvalue weighted by Crippen LogP contribution is 2.46. The van der Waals surface area contributed by atoms with Crippen LogP contribution in [-0.2, 0) is 0 Å². The van der Waals surface area contributed by atoms with Crippen LogP contribution in [0.15, 0.2) is 0 Å². The molecule has 1 aliphatic rings. The van der Waals surface area contributed by atoms with Gasteiger partial charge in [-0.1, -0.05) is 60.8 Å². The van der Waals surface area contributed by atoms with Crippen molar-refractivity contribution in [1.29, 1.82) is 0 Å². The van der Waals surface area contributed by atoms with E-state index < -0.39 is 0 Å². The lowest BCUT2D eigenvalue weighted by molar-refractivity contribution is 0.0326. The van der Waals surface area contributed by atoms with Crippen LogP contribution in [-0.4, -0.2) is 0 Å². The van der Waals surface area contributed by atoms with Crippen LogP contribution in [0.3, 0.4) is 0 Å². The average Bonchev–Trinajstić information content (AvgIpc) is 2.24. The van der Waals surface area contributed by atoms with E-state index in [0.29, 0.717) is 0 Å². The molecule has 6 unspecified atom stereocenters. The molecular weight excluding hydrogens is 192 g/mol. The molecule has 0 heterocycles. The smallest absolute Gasteiger partial charge is 0.0357 e. The third-order valence-corrected chi connectivity index (χ3v) is 5.50. The van der Waals surface area contributed by atoms with Crippen molar-refractivity contribution in [3.63, 3.8) is 0 Å². The maximum absolute atomic E-state index is 2.51. The Morgan fingerprint density at radius 3 is 2.19 bits per heavy atom. The van der Waals surface area contributed by atoms with E-state index in [1.165, 1.54) is 25.7 Å². The summed E-state index contributed by atoms with van der Waals surface area (Å²) in [6.45, 7) is 14.7. The van der Waals surface area contributed by atoms with Gasteiger partial charge < -0.3 is 0 Å². The van der Waals surface area contributed by atoms with Gasteiger partial charge in [-0.3, -0.25) is 0 Å². The van der Waals surface area contributed by atoms with Gasteiger partial charge in [0.1, 0.15) is 0 Å². The zero-order valence-electron chi connectivity index (χ0n) is 12.3. The predicted molar refractivity (Wildman–Crippen MR) is 73.5 cm³/mol. The highest BCUT2D eigenvalue weighted by atomic mass is 14.4. The minimum absolute atomic E-state index is 0.929. The molecule has 0 bridgehead atoms. The Balaban J connectivity index is 2.68. The lowest BCUT2D eigenvalue weighted by atomic mass is 9.59. The van der Waals surface area contributed by atoms with Crippen molar-refractivity contribution < 1.29 is 0 Å². The summed E-state index contributed by atoms with van der Waals surface area (Å²) in [6, 6.07) is 0. The largest absolute Gasteiger partial charge is 0.0654 e. The molecule has 0 spiro atoms. The molecule has 96 valence electrons. The fourth-order valence-corrected chi connectivity index (χ4v) is 4.31. The molecule has 0 amide bonds. The van der Waals surface area contributed by atoms with Crippen molar-refractivity contribution in [3.05, 3.63) is 0 Å². The van der Waals surface area contributed by atoms with Gasteiger partial charge in [0.15, 0.2) is 0 Å². The molecule has 0 nitrogen and oxygen atoms in total. The van der Waals surface area contributed by atoms with Gasteiger partial charge in [0.05, 0.1) is 0 Å². The van der Waals surface area contributed by atoms with E-state index in [9.17, 15) is 0 Å². The highest BCUT2D eigenvalue weighted by Gasteiger charge is 2.38. The van der Waals surface area contributed by atoms with Crippen LogP contribution in [0.2, 0.25) is 0 Å². The second-order valence-electron chi connectivity index (χ2n) is 6.43. The Bertz CT molecular complexity index is 196. The average molecular weight is 224 g/mol. The molecular formula is C16H32. The summed E-state index contributed by atoms with van der Waals surface area (Å²) in [6.07, 6.45) is 5.63. The molecule has 16 heavy (non-hydrogen) atoms. The van der Waals surface area contributed by atoms with E-state index in [4.69, 9.17) is 0 Å². The summed E-state index contributed by atoms with van der Waals surface area (Å²) in [5.74, 6) is 5.69. The summed E-state index contributed by atoms with van der Waals surface area (Å²) < 4.78 is 0. The van der Waals surface area contributed by atoms with Gasteiger partial charge in [0.25, 0.3) is 0 Å². The van der Waals surface area contributed by atoms with Crippen LogP contribution in [0.1, 0.15) is 67.2 Å². The fourth-order valence-electron chi connectivity index (χ4n) is 4.31. The van der Waals surface area contributed by atoms with Crippen LogP contribution in [0.5, 0.6) is 0 Å². The van der Waals surface area contributed by atoms with Crippen LogP contribution in [0.25, 0.3) is 0 Å². The molecule has 0 aromatic rings. The van der Waals surface area contributed by atoms with Crippen molar-refractivity contribution in [2.75, 3.05) is 0 Å². The zero-order valence-corrected chi connectivity index (χ0v) is 12.3. The molecule has 0 aromatic heterocycles. The standard InChI is InChI=1S/C16H32/c1-7-9-11(3)16-10-12(4)15(8-2)13(5)14(16)6/h11-16H,7-10H2,1-6H3. The molecule has 1 rings (SSSR count). The van der Waals surface area contributed by atoms with Crippen molar-refractivity contribution in [2.24, 2.45) is 35.5 Å². The minimum atomic E-state index is 0.929. The first-order valence-corrected chi connectivity index (χ1v) is 7.52. The molecule has 6 atom stereocenters. The third-order valence-electron chi connectivity index (χ3n) is 5.50. The summed E-state index contributed by atoms with van der Waals surface area (Å²) in [4.78, 5) is 0. The monoisotopic (exact) mass is 224 g/mol. The third kappa shape index (κ3) is 2.81. The number of hydrogen-bond acceptors (Lipinski definition) is 0. The van der Waals surface area contributed by atoms with Crippen LogP contribution >= 0.6 is 0 Å². The molecule has 1 saturated carbocycles. The van der Waals surface area contributed by atoms with Crippen LogP contribution in [0.4, 0.5) is 0 Å². The first kappa shape index (κ1) is 14.1. The SMILES string of the molecule is CCCC(C)C1CC(C)C(CC)C(C)C1C. The molecule has 0 N–H and O–H groups in total. The van der Waals surface area contributed by atoms with Gasteiger partial charge in [0, 0.05) is 0 Å². The highest BCUT2D eigenvalue weighted by molar-refractivity contribution is 4.88. The Morgan fingerprint density at radius 1 is 1.06 bits per heavy atom. The maximum atomic E-state index is 2.51. The molecule has 0 saturated heterocycles. The summed E-state index contributed by atoms with van der Waals surface area (Å²) in [7, 11) is 0. The van der Waals surface area contributed by atoms with E-state index in [1.54, 1.807) is 0 Å². The Labute approximate surface area is 103 Å². The first-order valence-electron chi connectivity index (χ1n) is 7.52. The van der Waals surface area contributed by atoms with E-state index in [-0.39, 0.29) is 0 Å². The van der Waals surface area contributed by atoms with Crippen molar-refractivity contribution in [3.8, 4) is 0 Å². The number of rotatable bonds is 4. The fraction of sp³-hybridized carbons (Fsp3) is 1.00. The minimum Gasteiger partial charge on any atom is -0.0654 e. The van der Waals surface area contributed by atoms with Crippen molar-refractivity contribution >= 4 is 0 Å². The van der Waals surface area contributed by atoms with Crippen molar-refractivity contribution in [1.82, 2.24) is 0 Å². The van der Waals surface area contributed by atoms with Gasteiger partial charge in [-0.25, -0.2) is 0 Å². The molecule has 0 aliphatic heterocycles. The molecule has 1 fully saturated rings. The van der Waals surface area contributed by atoms with Crippen LogP contribution < -0.4 is 0 Å². The lowest BCUT2D eigenvalue weighted by Crippen LogP contribution is -2.38. The predicted octanol–water partition coefficient (Wildman–Crippen LogP) is 5.38. The van der Waals surface area contributed by atoms with E-state index >= 15 is 0 Å². The second-order valence-corrected chi connectivity index (χ2v) is 6.43.